The lowest BCUT2D eigenvalue weighted by Crippen LogP contribution is -2.42. The number of nitrogens with one attached hydrogen (secondary N) is 3. The molecule has 0 radical (unpaired) electrons. The quantitative estimate of drug-likeness (QED) is 0.718. The molecule has 0 atom stereocenters. The molecule has 0 unspecified atom stereocenters. The molecule has 2 rings (SSSR count). The smallest absolute Gasteiger partial charge is 0.315 e. The van der Waals surface area contributed by atoms with Crippen molar-refractivity contribution in [2.45, 2.75) is 13.0 Å². The Hall–Kier alpha value is -2.96. The molecule has 0 aliphatic rings. The number of rotatable bonds is 7. The zero-order valence-corrected chi connectivity index (χ0v) is 13.5. The van der Waals surface area contributed by atoms with Crippen molar-refractivity contribution in [2.24, 2.45) is 0 Å². The third-order valence-corrected chi connectivity index (χ3v) is 3.40. The number of benzene rings is 2. The van der Waals surface area contributed by atoms with Gasteiger partial charge in [-0.15, -0.1) is 0 Å². The first-order valence-electron chi connectivity index (χ1n) is 7.80. The Morgan fingerprint density at radius 1 is 0.840 bits per heavy atom. The van der Waals surface area contributed by atoms with Crippen molar-refractivity contribution in [3.05, 3.63) is 71.3 Å². The second kappa shape index (κ2) is 9.36. The summed E-state index contributed by atoms with van der Waals surface area (Å²) in [6, 6.07) is 11.4. The highest BCUT2D eigenvalue weighted by Crippen LogP contribution is 2.03. The molecule has 0 bridgehead atoms. The normalized spacial score (nSPS) is 10.2. The van der Waals surface area contributed by atoms with Crippen molar-refractivity contribution < 1.29 is 18.4 Å². The molecular formula is C18H19F2N3O2. The summed E-state index contributed by atoms with van der Waals surface area (Å²) in [5.41, 5.74) is 1.53. The van der Waals surface area contributed by atoms with Gasteiger partial charge in [0.1, 0.15) is 11.6 Å². The van der Waals surface area contributed by atoms with Crippen LogP contribution in [0.4, 0.5) is 13.6 Å². The van der Waals surface area contributed by atoms with Gasteiger partial charge in [-0.25, -0.2) is 13.6 Å². The van der Waals surface area contributed by atoms with E-state index in [0.717, 1.165) is 11.1 Å². The summed E-state index contributed by atoms with van der Waals surface area (Å²) in [5.74, 6) is -1.00. The van der Waals surface area contributed by atoms with Gasteiger partial charge >= 0.3 is 6.03 Å². The topological polar surface area (TPSA) is 70.2 Å². The van der Waals surface area contributed by atoms with E-state index in [4.69, 9.17) is 0 Å². The predicted molar refractivity (Wildman–Crippen MR) is 89.8 cm³/mol. The van der Waals surface area contributed by atoms with Gasteiger partial charge in [-0.1, -0.05) is 24.3 Å². The van der Waals surface area contributed by atoms with Gasteiger partial charge in [0, 0.05) is 13.1 Å². The number of hydrogen-bond acceptors (Lipinski definition) is 2. The molecule has 0 aliphatic heterocycles. The van der Waals surface area contributed by atoms with E-state index < -0.39 is 6.03 Å². The van der Waals surface area contributed by atoms with Crippen LogP contribution in [0.3, 0.4) is 0 Å². The lowest BCUT2D eigenvalue weighted by atomic mass is 10.1. The van der Waals surface area contributed by atoms with E-state index in [9.17, 15) is 18.4 Å². The maximum atomic E-state index is 13.0. The van der Waals surface area contributed by atoms with E-state index in [1.54, 1.807) is 24.3 Å². The molecule has 0 aromatic heterocycles. The minimum Gasteiger partial charge on any atom is -0.354 e. The molecule has 0 saturated heterocycles. The molecule has 0 heterocycles. The number of halogens is 2. The van der Waals surface area contributed by atoms with E-state index in [2.05, 4.69) is 16.0 Å². The Balaban J connectivity index is 1.60. The van der Waals surface area contributed by atoms with Crippen molar-refractivity contribution in [1.82, 2.24) is 16.0 Å². The summed E-state index contributed by atoms with van der Waals surface area (Å²) >= 11 is 0. The molecule has 3 amide bonds. The molecule has 5 nitrogen and oxygen atoms in total. The maximum absolute atomic E-state index is 13.0. The van der Waals surface area contributed by atoms with Crippen LogP contribution in [0.25, 0.3) is 0 Å². The average molecular weight is 347 g/mol. The van der Waals surface area contributed by atoms with Crippen molar-refractivity contribution in [1.29, 1.82) is 0 Å². The van der Waals surface area contributed by atoms with Crippen LogP contribution in [0.2, 0.25) is 0 Å². The predicted octanol–water partition coefficient (Wildman–Crippen LogP) is 2.12. The summed E-state index contributed by atoms with van der Waals surface area (Å²) in [6.45, 7) is 0.410. The highest BCUT2D eigenvalue weighted by molar-refractivity contribution is 5.83. The minimum atomic E-state index is -0.496. The molecule has 3 N–H and O–H groups in total. The van der Waals surface area contributed by atoms with Gasteiger partial charge in [0.25, 0.3) is 0 Å². The SMILES string of the molecule is O=C(CNC(=O)NCc1ccc(F)cc1)NCCc1cccc(F)c1. The van der Waals surface area contributed by atoms with Crippen LogP contribution in [-0.2, 0) is 17.8 Å². The van der Waals surface area contributed by atoms with Crippen molar-refractivity contribution in [3.63, 3.8) is 0 Å². The summed E-state index contributed by atoms with van der Waals surface area (Å²) < 4.78 is 25.8. The number of amides is 3. The standard InChI is InChI=1S/C18H19F2N3O2/c19-15-6-4-14(5-7-15)11-22-18(25)23-12-17(24)21-9-8-13-2-1-3-16(20)10-13/h1-7,10H,8-9,11-12H2,(H,21,24)(H2,22,23,25). The second-order valence-corrected chi connectivity index (χ2v) is 5.39. The summed E-state index contributed by atoms with van der Waals surface area (Å²) in [5, 5.41) is 7.63. The monoisotopic (exact) mass is 347 g/mol. The van der Waals surface area contributed by atoms with E-state index in [-0.39, 0.29) is 30.6 Å². The van der Waals surface area contributed by atoms with E-state index >= 15 is 0 Å². The van der Waals surface area contributed by atoms with Crippen molar-refractivity contribution in [3.8, 4) is 0 Å². The third-order valence-electron chi connectivity index (χ3n) is 3.40. The zero-order chi connectivity index (χ0) is 18.1. The van der Waals surface area contributed by atoms with Gasteiger partial charge in [0.15, 0.2) is 0 Å². The van der Waals surface area contributed by atoms with Gasteiger partial charge in [-0.3, -0.25) is 4.79 Å². The molecular weight excluding hydrogens is 328 g/mol. The largest absolute Gasteiger partial charge is 0.354 e. The lowest BCUT2D eigenvalue weighted by Gasteiger charge is -2.09. The fourth-order valence-corrected chi connectivity index (χ4v) is 2.11. The number of carbonyl (C=O) groups excluding carboxylic acids is 2. The molecule has 25 heavy (non-hydrogen) atoms. The molecule has 132 valence electrons. The molecule has 0 fully saturated rings. The van der Waals surface area contributed by atoms with Crippen LogP contribution < -0.4 is 16.0 Å². The zero-order valence-electron chi connectivity index (χ0n) is 13.5. The maximum Gasteiger partial charge on any atom is 0.315 e. The Morgan fingerprint density at radius 2 is 1.60 bits per heavy atom. The lowest BCUT2D eigenvalue weighted by molar-refractivity contribution is -0.120. The Labute approximate surface area is 144 Å². The van der Waals surface area contributed by atoms with E-state index in [1.807, 2.05) is 0 Å². The van der Waals surface area contributed by atoms with Gasteiger partial charge in [0.05, 0.1) is 6.54 Å². The first-order chi connectivity index (χ1) is 12.0. The summed E-state index contributed by atoms with van der Waals surface area (Å²) in [4.78, 5) is 23.2. The van der Waals surface area contributed by atoms with Crippen LogP contribution in [0, 0.1) is 11.6 Å². The fraction of sp³-hybridized carbons (Fsp3) is 0.222. The minimum absolute atomic E-state index is 0.168. The van der Waals surface area contributed by atoms with E-state index in [0.29, 0.717) is 13.0 Å². The van der Waals surface area contributed by atoms with Gasteiger partial charge < -0.3 is 16.0 Å². The highest BCUT2D eigenvalue weighted by Gasteiger charge is 2.05. The first-order valence-corrected chi connectivity index (χ1v) is 7.80. The third kappa shape index (κ3) is 6.99. The van der Waals surface area contributed by atoms with Gasteiger partial charge in [-0.05, 0) is 41.8 Å². The summed E-state index contributed by atoms with van der Waals surface area (Å²) in [6.07, 6.45) is 0.500. The van der Waals surface area contributed by atoms with Crippen molar-refractivity contribution in [2.75, 3.05) is 13.1 Å². The number of urea groups is 1. The number of hydrogen-bond donors (Lipinski definition) is 3. The van der Waals surface area contributed by atoms with Crippen LogP contribution in [0.15, 0.2) is 48.5 Å². The molecule has 7 heteroatoms. The van der Waals surface area contributed by atoms with Crippen LogP contribution in [-0.4, -0.2) is 25.0 Å². The molecule has 0 saturated carbocycles. The highest BCUT2D eigenvalue weighted by atomic mass is 19.1. The number of carbonyl (C=O) groups is 2. The second-order valence-electron chi connectivity index (χ2n) is 5.39. The molecule has 0 spiro atoms. The molecule has 2 aromatic carbocycles. The molecule has 2 aromatic rings. The Bertz CT molecular complexity index is 721. The van der Waals surface area contributed by atoms with E-state index in [1.165, 1.54) is 24.3 Å². The fourth-order valence-electron chi connectivity index (χ4n) is 2.11. The van der Waals surface area contributed by atoms with Crippen LogP contribution >= 0.6 is 0 Å². The Morgan fingerprint density at radius 3 is 2.32 bits per heavy atom. The van der Waals surface area contributed by atoms with Crippen LogP contribution in [0.5, 0.6) is 0 Å². The summed E-state index contributed by atoms with van der Waals surface area (Å²) in [7, 11) is 0. The first kappa shape index (κ1) is 18.4. The van der Waals surface area contributed by atoms with Crippen LogP contribution in [0.1, 0.15) is 11.1 Å². The van der Waals surface area contributed by atoms with Crippen molar-refractivity contribution >= 4 is 11.9 Å². The van der Waals surface area contributed by atoms with Gasteiger partial charge in [-0.2, -0.15) is 0 Å². The molecule has 0 aliphatic carbocycles. The van der Waals surface area contributed by atoms with Gasteiger partial charge in [0.2, 0.25) is 5.91 Å². The Kier molecular flexibility index (Phi) is 6.88. The average Bonchev–Trinajstić information content (AvgIpc) is 2.59.